The van der Waals surface area contributed by atoms with Crippen LogP contribution in [-0.4, -0.2) is 41.2 Å². The molecule has 3 rings (SSSR count). The van der Waals surface area contributed by atoms with E-state index in [1.807, 2.05) is 0 Å². The van der Waals surface area contributed by atoms with Gasteiger partial charge >= 0.3 is 12.1 Å². The molecule has 0 saturated carbocycles. The van der Waals surface area contributed by atoms with Gasteiger partial charge in [-0.1, -0.05) is 24.3 Å². The molecular weight excluding hydrogens is 363 g/mol. The zero-order valence-electron chi connectivity index (χ0n) is 14.1. The Morgan fingerprint density at radius 2 is 1.78 bits per heavy atom. The van der Waals surface area contributed by atoms with E-state index in [0.717, 1.165) is 5.56 Å². The fourth-order valence-corrected chi connectivity index (χ4v) is 3.01. The van der Waals surface area contributed by atoms with Gasteiger partial charge in [0.25, 0.3) is 5.91 Å². The first kappa shape index (κ1) is 18.8. The van der Waals surface area contributed by atoms with Gasteiger partial charge in [-0.3, -0.25) is 9.59 Å². The summed E-state index contributed by atoms with van der Waals surface area (Å²) in [6.07, 6.45) is -4.44. The molecule has 1 aliphatic rings. The smallest absolute Gasteiger partial charge is 0.422 e. The van der Waals surface area contributed by atoms with Crippen molar-refractivity contribution in [2.45, 2.75) is 18.6 Å². The van der Waals surface area contributed by atoms with Crippen LogP contribution in [0.3, 0.4) is 0 Å². The molecule has 8 heteroatoms. The summed E-state index contributed by atoms with van der Waals surface area (Å²) in [5.74, 6) is -2.24. The maximum absolute atomic E-state index is 12.7. The van der Waals surface area contributed by atoms with Crippen molar-refractivity contribution < 1.29 is 32.6 Å². The number of carbonyl (C=O) groups excluding carboxylic acids is 1. The minimum atomic E-state index is -4.44. The largest absolute Gasteiger partial charge is 0.484 e. The van der Waals surface area contributed by atoms with E-state index in [4.69, 9.17) is 0 Å². The maximum atomic E-state index is 12.7. The highest BCUT2D eigenvalue weighted by atomic mass is 19.4. The molecule has 0 fully saturated rings. The topological polar surface area (TPSA) is 66.8 Å². The van der Waals surface area contributed by atoms with Crippen LogP contribution >= 0.6 is 0 Å². The van der Waals surface area contributed by atoms with Crippen molar-refractivity contribution in [1.29, 1.82) is 0 Å². The lowest BCUT2D eigenvalue weighted by atomic mass is 9.89. The van der Waals surface area contributed by atoms with E-state index in [9.17, 15) is 27.9 Å². The Balaban J connectivity index is 1.75. The molecule has 2 aromatic rings. The summed E-state index contributed by atoms with van der Waals surface area (Å²) in [6, 6.07) is 12.3. The number of benzene rings is 2. The molecule has 0 spiro atoms. The first-order valence-corrected chi connectivity index (χ1v) is 8.14. The maximum Gasteiger partial charge on any atom is 0.422 e. The fourth-order valence-electron chi connectivity index (χ4n) is 3.01. The fraction of sp³-hybridized carbons (Fsp3) is 0.263. The van der Waals surface area contributed by atoms with E-state index >= 15 is 0 Å². The molecule has 1 N–H and O–H groups in total. The van der Waals surface area contributed by atoms with E-state index in [1.165, 1.54) is 29.2 Å². The average molecular weight is 379 g/mol. The zero-order chi connectivity index (χ0) is 19.6. The summed E-state index contributed by atoms with van der Waals surface area (Å²) in [5, 5.41) is 9.47. The van der Waals surface area contributed by atoms with Crippen LogP contribution in [0.1, 0.15) is 27.4 Å². The van der Waals surface area contributed by atoms with E-state index in [2.05, 4.69) is 4.74 Å². The predicted octanol–water partition coefficient (Wildman–Crippen LogP) is 3.45. The molecule has 1 aliphatic heterocycles. The summed E-state index contributed by atoms with van der Waals surface area (Å²) in [5.41, 5.74) is 1.69. The minimum Gasteiger partial charge on any atom is -0.484 e. The van der Waals surface area contributed by atoms with Crippen LogP contribution in [-0.2, 0) is 11.3 Å². The Kier molecular flexibility index (Phi) is 5.07. The molecule has 1 atom stereocenters. The van der Waals surface area contributed by atoms with Gasteiger partial charge in [0.1, 0.15) is 5.75 Å². The molecule has 2 aromatic carbocycles. The Bertz CT molecular complexity index is 849. The van der Waals surface area contributed by atoms with E-state index in [1.54, 1.807) is 24.3 Å². The molecule has 5 nitrogen and oxygen atoms in total. The molecule has 0 bridgehead atoms. The summed E-state index contributed by atoms with van der Waals surface area (Å²) >= 11 is 0. The van der Waals surface area contributed by atoms with Crippen molar-refractivity contribution >= 4 is 11.9 Å². The lowest BCUT2D eigenvalue weighted by molar-refractivity contribution is -0.153. The second kappa shape index (κ2) is 7.30. The van der Waals surface area contributed by atoms with E-state index < -0.39 is 30.6 Å². The van der Waals surface area contributed by atoms with Gasteiger partial charge in [0.2, 0.25) is 0 Å². The molecule has 0 radical (unpaired) electrons. The lowest BCUT2D eigenvalue weighted by Gasteiger charge is -2.32. The van der Waals surface area contributed by atoms with Gasteiger partial charge < -0.3 is 14.7 Å². The van der Waals surface area contributed by atoms with Crippen molar-refractivity contribution in [3.63, 3.8) is 0 Å². The van der Waals surface area contributed by atoms with Gasteiger partial charge in [-0.15, -0.1) is 0 Å². The molecule has 1 heterocycles. The van der Waals surface area contributed by atoms with Crippen LogP contribution in [0.25, 0.3) is 0 Å². The minimum absolute atomic E-state index is 0.00345. The third-order valence-electron chi connectivity index (χ3n) is 4.28. The Morgan fingerprint density at radius 1 is 1.11 bits per heavy atom. The number of nitrogens with zero attached hydrogens (tertiary/aromatic N) is 1. The lowest BCUT2D eigenvalue weighted by Crippen LogP contribution is -2.40. The highest BCUT2D eigenvalue weighted by molar-refractivity contribution is 5.95. The van der Waals surface area contributed by atoms with Crippen LogP contribution in [0, 0.1) is 0 Å². The number of fused-ring (bicyclic) bond motifs is 1. The number of carboxylic acids is 1. The van der Waals surface area contributed by atoms with Crippen LogP contribution < -0.4 is 4.74 Å². The average Bonchev–Trinajstić information content (AvgIpc) is 2.64. The van der Waals surface area contributed by atoms with Gasteiger partial charge in [0, 0.05) is 18.7 Å². The number of aliphatic carboxylic acids is 1. The standard InChI is InChI=1S/C19H16F3NO4/c20-19(21,22)11-27-14-7-5-12(6-8-14)17(24)23-9-13-3-1-2-4-15(13)16(10-23)18(25)26/h1-8,16H,9-11H2,(H,25,26). The number of halogens is 3. The molecule has 27 heavy (non-hydrogen) atoms. The molecule has 0 aromatic heterocycles. The van der Waals surface area contributed by atoms with Crippen LogP contribution in [0.4, 0.5) is 13.2 Å². The summed E-state index contributed by atoms with van der Waals surface area (Å²) in [4.78, 5) is 25.7. The van der Waals surface area contributed by atoms with Crippen molar-refractivity contribution in [2.75, 3.05) is 13.2 Å². The molecule has 1 amide bonds. The van der Waals surface area contributed by atoms with Crippen LogP contribution in [0.5, 0.6) is 5.75 Å². The van der Waals surface area contributed by atoms with Gasteiger partial charge in [0.05, 0.1) is 5.92 Å². The second-order valence-electron chi connectivity index (χ2n) is 6.20. The van der Waals surface area contributed by atoms with E-state index in [0.29, 0.717) is 5.56 Å². The molecule has 142 valence electrons. The Morgan fingerprint density at radius 3 is 2.41 bits per heavy atom. The van der Waals surface area contributed by atoms with Gasteiger partial charge in [-0.2, -0.15) is 13.2 Å². The van der Waals surface area contributed by atoms with Gasteiger partial charge in [0.15, 0.2) is 6.61 Å². The highest BCUT2D eigenvalue weighted by Gasteiger charge is 2.33. The number of carbonyl (C=O) groups is 2. The second-order valence-corrected chi connectivity index (χ2v) is 6.20. The summed E-state index contributed by atoms with van der Waals surface area (Å²) < 4.78 is 41.2. The van der Waals surface area contributed by atoms with Crippen molar-refractivity contribution in [1.82, 2.24) is 4.90 Å². The number of alkyl halides is 3. The van der Waals surface area contributed by atoms with Crippen LogP contribution in [0.15, 0.2) is 48.5 Å². The molecule has 0 aliphatic carbocycles. The first-order valence-electron chi connectivity index (χ1n) is 8.14. The summed E-state index contributed by atoms with van der Waals surface area (Å²) in [6.45, 7) is -1.12. The van der Waals surface area contributed by atoms with E-state index in [-0.39, 0.29) is 24.4 Å². The van der Waals surface area contributed by atoms with Crippen molar-refractivity contribution in [3.05, 3.63) is 65.2 Å². The Hall–Kier alpha value is -3.03. The summed E-state index contributed by atoms with van der Waals surface area (Å²) in [7, 11) is 0. The molecule has 1 unspecified atom stereocenters. The predicted molar refractivity (Wildman–Crippen MR) is 89.6 cm³/mol. The van der Waals surface area contributed by atoms with Gasteiger partial charge in [-0.25, -0.2) is 0 Å². The number of carboxylic acid groups (broad SMARTS) is 1. The number of hydrogen-bond acceptors (Lipinski definition) is 3. The number of hydrogen-bond donors (Lipinski definition) is 1. The van der Waals surface area contributed by atoms with Gasteiger partial charge in [-0.05, 0) is 35.4 Å². The van der Waals surface area contributed by atoms with Crippen LogP contribution in [0.2, 0.25) is 0 Å². The third kappa shape index (κ3) is 4.39. The molecule has 0 saturated heterocycles. The monoisotopic (exact) mass is 379 g/mol. The quantitative estimate of drug-likeness (QED) is 0.884. The highest BCUT2D eigenvalue weighted by Crippen LogP contribution is 2.29. The normalized spacial score (nSPS) is 16.6. The number of ether oxygens (including phenoxy) is 1. The number of amides is 1. The third-order valence-corrected chi connectivity index (χ3v) is 4.28. The molecular formula is C19H16F3NO4. The SMILES string of the molecule is O=C(O)C1CN(C(=O)c2ccc(OCC(F)(F)F)cc2)Cc2ccccc21. The van der Waals surface area contributed by atoms with Crippen molar-refractivity contribution in [3.8, 4) is 5.75 Å². The van der Waals surface area contributed by atoms with Crippen molar-refractivity contribution in [2.24, 2.45) is 0 Å². The zero-order valence-corrected chi connectivity index (χ0v) is 14.1. The number of rotatable bonds is 4. The first-order chi connectivity index (χ1) is 12.7. The Labute approximate surface area is 153 Å².